The lowest BCUT2D eigenvalue weighted by molar-refractivity contribution is -0.307. The van der Waals surface area contributed by atoms with E-state index >= 15 is 0 Å². The summed E-state index contributed by atoms with van der Waals surface area (Å²) in [5.41, 5.74) is 1.69. The number of hydrogen-bond acceptors (Lipinski definition) is 10. The van der Waals surface area contributed by atoms with Crippen LogP contribution in [0.5, 0.6) is 5.75 Å². The van der Waals surface area contributed by atoms with Gasteiger partial charge in [-0.2, -0.15) is 0 Å². The Balaban J connectivity index is 2.51. The maximum absolute atomic E-state index is 12.8. The highest BCUT2D eigenvalue weighted by Gasteiger charge is 2.48. The molecule has 1 aromatic carbocycles. The number of rotatable bonds is 15. The van der Waals surface area contributed by atoms with Gasteiger partial charge in [-0.1, -0.05) is 39.0 Å². The molecule has 9 atom stereocenters. The zero-order chi connectivity index (χ0) is 29.1. The molecule has 1 saturated heterocycles. The van der Waals surface area contributed by atoms with Gasteiger partial charge in [-0.15, -0.1) is 0 Å². The minimum absolute atomic E-state index is 0.0773. The molecule has 1 N–H and O–H groups in total. The Morgan fingerprint density at radius 2 is 1.56 bits per heavy atom. The molecule has 0 amide bonds. The van der Waals surface area contributed by atoms with Crippen LogP contribution in [-0.4, -0.2) is 83.6 Å². The largest absolute Gasteiger partial charge is 0.497 e. The first-order chi connectivity index (χ1) is 18.6. The van der Waals surface area contributed by atoms with Crippen LogP contribution in [0.25, 0.3) is 0 Å². The second-order valence-electron chi connectivity index (χ2n) is 10.0. The lowest BCUT2D eigenvalue weighted by Gasteiger charge is -2.46. The lowest BCUT2D eigenvalue weighted by atomic mass is 9.81. The van der Waals surface area contributed by atoms with Crippen LogP contribution in [0.15, 0.2) is 35.9 Å². The van der Waals surface area contributed by atoms with Gasteiger partial charge in [-0.05, 0) is 31.6 Å². The van der Waals surface area contributed by atoms with Crippen molar-refractivity contribution in [3.05, 3.63) is 41.5 Å². The second kappa shape index (κ2) is 16.3. The fraction of sp³-hybridized carbons (Fsp3) is 0.690. The number of carbonyl (C=O) groups is 1. The van der Waals surface area contributed by atoms with Crippen molar-refractivity contribution >= 4 is 5.97 Å². The molecule has 1 heterocycles. The number of methoxy groups -OCH3 is 4. The molecule has 0 aromatic heterocycles. The zero-order valence-corrected chi connectivity index (χ0v) is 24.6. The van der Waals surface area contributed by atoms with Gasteiger partial charge in [0.05, 0.1) is 32.5 Å². The molecule has 0 spiro atoms. The van der Waals surface area contributed by atoms with Gasteiger partial charge in [0, 0.05) is 37.5 Å². The van der Waals surface area contributed by atoms with Crippen molar-refractivity contribution in [3.8, 4) is 5.75 Å². The van der Waals surface area contributed by atoms with E-state index in [1.807, 2.05) is 58.0 Å². The molecule has 1 aromatic rings. The minimum Gasteiger partial charge on any atom is -0.497 e. The molecule has 0 radical (unpaired) electrons. The van der Waals surface area contributed by atoms with Crippen molar-refractivity contribution in [2.45, 2.75) is 71.4 Å². The average Bonchev–Trinajstić information content (AvgIpc) is 2.93. The van der Waals surface area contributed by atoms with E-state index in [1.54, 1.807) is 21.1 Å². The fourth-order valence-electron chi connectivity index (χ4n) is 4.84. The molecule has 0 bridgehead atoms. The molecule has 1 unspecified atom stereocenters. The maximum Gasteiger partial charge on any atom is 0.337 e. The monoisotopic (exact) mass is 554 g/mol. The van der Waals surface area contributed by atoms with E-state index in [9.17, 15) is 9.90 Å². The SMILES string of the molecule is COCO[C@@H](C(=O)OC)[C@H]1O[C@@H](c2ccc(OC)cc2)O[C@@H]([C@H](C)[C@@H](OCOC)/C(C)=C/[C@H](C)C(C)O)[C@H]1C. The quantitative estimate of drug-likeness (QED) is 0.195. The van der Waals surface area contributed by atoms with Crippen molar-refractivity contribution < 1.29 is 47.8 Å². The van der Waals surface area contributed by atoms with Gasteiger partial charge < -0.3 is 43.0 Å². The van der Waals surface area contributed by atoms with Gasteiger partial charge in [-0.3, -0.25) is 0 Å². The van der Waals surface area contributed by atoms with Crippen LogP contribution in [0.4, 0.5) is 0 Å². The average molecular weight is 555 g/mol. The Labute approximate surface area is 232 Å². The van der Waals surface area contributed by atoms with E-state index in [-0.39, 0.29) is 31.3 Å². The smallest absolute Gasteiger partial charge is 0.337 e. The molecule has 0 saturated carbocycles. The third kappa shape index (κ3) is 8.97. The van der Waals surface area contributed by atoms with E-state index in [4.69, 9.17) is 37.9 Å². The number of hydrogen-bond donors (Lipinski definition) is 1. The summed E-state index contributed by atoms with van der Waals surface area (Å²) in [5, 5.41) is 10.1. The summed E-state index contributed by atoms with van der Waals surface area (Å²) >= 11 is 0. The van der Waals surface area contributed by atoms with Crippen LogP contribution in [0.1, 0.15) is 46.5 Å². The Kier molecular flexibility index (Phi) is 13.8. The van der Waals surface area contributed by atoms with Gasteiger partial charge in [0.25, 0.3) is 0 Å². The zero-order valence-electron chi connectivity index (χ0n) is 24.6. The number of aliphatic hydroxyl groups excluding tert-OH is 1. The highest BCUT2D eigenvalue weighted by molar-refractivity contribution is 5.75. The van der Waals surface area contributed by atoms with E-state index < -0.39 is 42.8 Å². The Morgan fingerprint density at radius 3 is 2.10 bits per heavy atom. The predicted octanol–water partition coefficient (Wildman–Crippen LogP) is 3.86. The summed E-state index contributed by atoms with van der Waals surface area (Å²) < 4.78 is 45.5. The molecule has 1 aliphatic heterocycles. The normalized spacial score (nSPS) is 25.8. The highest BCUT2D eigenvalue weighted by atomic mass is 16.7. The van der Waals surface area contributed by atoms with Gasteiger partial charge in [-0.25, -0.2) is 4.79 Å². The molecular weight excluding hydrogens is 508 g/mol. The Morgan fingerprint density at radius 1 is 0.974 bits per heavy atom. The van der Waals surface area contributed by atoms with Gasteiger partial charge >= 0.3 is 5.97 Å². The van der Waals surface area contributed by atoms with Gasteiger partial charge in [0.1, 0.15) is 25.4 Å². The lowest BCUT2D eigenvalue weighted by Crippen LogP contribution is -2.54. The first-order valence-corrected chi connectivity index (χ1v) is 13.2. The standard InChI is InChI=1S/C29H46O10/c1-17(21(5)30)14-18(2)24(36-15-32-6)19(3)25-20(4)26(27(28(31)35-9)37-16-33-7)39-29(38-25)22-10-12-23(34-8)13-11-22/h10-14,17,19-21,24-27,29-30H,15-16H2,1-9H3/b18-14+/t17-,19+,20+,21?,24-,25-,26-,27+,29-/m0/s1. The van der Waals surface area contributed by atoms with Crippen LogP contribution in [0.3, 0.4) is 0 Å². The second-order valence-corrected chi connectivity index (χ2v) is 10.0. The molecule has 0 aliphatic carbocycles. The number of benzene rings is 1. The first-order valence-electron chi connectivity index (χ1n) is 13.2. The molecule has 1 aliphatic rings. The molecule has 1 fully saturated rings. The van der Waals surface area contributed by atoms with Gasteiger partial charge in [0.2, 0.25) is 0 Å². The van der Waals surface area contributed by atoms with E-state index in [2.05, 4.69) is 0 Å². The number of ether oxygens (including phenoxy) is 8. The predicted molar refractivity (Wildman–Crippen MR) is 144 cm³/mol. The maximum atomic E-state index is 12.8. The number of esters is 1. The Hall–Kier alpha value is -2.05. The Bertz CT molecular complexity index is 887. The van der Waals surface area contributed by atoms with Crippen molar-refractivity contribution in [2.24, 2.45) is 17.8 Å². The molecule has 10 nitrogen and oxygen atoms in total. The molecule has 39 heavy (non-hydrogen) atoms. The van der Waals surface area contributed by atoms with E-state index in [0.717, 1.165) is 11.1 Å². The fourth-order valence-corrected chi connectivity index (χ4v) is 4.84. The third-order valence-electron chi connectivity index (χ3n) is 7.18. The van der Waals surface area contributed by atoms with Crippen LogP contribution >= 0.6 is 0 Å². The van der Waals surface area contributed by atoms with Crippen molar-refractivity contribution in [1.82, 2.24) is 0 Å². The third-order valence-corrected chi connectivity index (χ3v) is 7.18. The summed E-state index contributed by atoms with van der Waals surface area (Å²) in [6, 6.07) is 7.36. The van der Waals surface area contributed by atoms with Crippen molar-refractivity contribution in [2.75, 3.05) is 42.0 Å². The van der Waals surface area contributed by atoms with E-state index in [0.29, 0.717) is 5.75 Å². The molecule has 10 heteroatoms. The summed E-state index contributed by atoms with van der Waals surface area (Å²) in [6.07, 6.45) is -1.90. The van der Waals surface area contributed by atoms with E-state index in [1.165, 1.54) is 14.2 Å². The van der Waals surface area contributed by atoms with Gasteiger partial charge in [0.15, 0.2) is 12.4 Å². The number of aliphatic hydroxyl groups is 1. The highest BCUT2D eigenvalue weighted by Crippen LogP contribution is 2.41. The summed E-state index contributed by atoms with van der Waals surface area (Å²) in [7, 11) is 5.95. The van der Waals surface area contributed by atoms with Crippen molar-refractivity contribution in [3.63, 3.8) is 0 Å². The first kappa shape index (κ1) is 33.2. The summed E-state index contributed by atoms with van der Waals surface area (Å²) in [6.45, 7) is 9.62. The molecule has 222 valence electrons. The van der Waals surface area contributed by atoms with Crippen molar-refractivity contribution in [1.29, 1.82) is 0 Å². The molecule has 2 rings (SSSR count). The van der Waals surface area contributed by atoms with Crippen LogP contribution in [0, 0.1) is 17.8 Å². The molecular formula is C29H46O10. The summed E-state index contributed by atoms with van der Waals surface area (Å²) in [5.74, 6) is -0.475. The van der Waals surface area contributed by atoms with Crippen LogP contribution < -0.4 is 4.74 Å². The number of carbonyl (C=O) groups excluding carboxylic acids is 1. The minimum atomic E-state index is -1.05. The van der Waals surface area contributed by atoms with Crippen LogP contribution in [-0.2, 0) is 38.0 Å². The summed E-state index contributed by atoms with van der Waals surface area (Å²) in [4.78, 5) is 12.8. The topological polar surface area (TPSA) is 111 Å². The van der Waals surface area contributed by atoms with Crippen LogP contribution in [0.2, 0.25) is 0 Å².